The first-order valence-electron chi connectivity index (χ1n) is 7.73. The van der Waals surface area contributed by atoms with Crippen LogP contribution in [0.5, 0.6) is 0 Å². The first kappa shape index (κ1) is 16.5. The summed E-state index contributed by atoms with van der Waals surface area (Å²) < 4.78 is 0. The van der Waals surface area contributed by atoms with Crippen molar-refractivity contribution in [3.63, 3.8) is 0 Å². The summed E-state index contributed by atoms with van der Waals surface area (Å²) in [4.78, 5) is 25.1. The number of nitrogens with zero attached hydrogens (tertiary/aromatic N) is 1. The zero-order valence-corrected chi connectivity index (χ0v) is 13.4. The van der Waals surface area contributed by atoms with Crippen LogP contribution in [-0.2, 0) is 11.3 Å². The normalized spacial score (nSPS) is 25.7. The number of carbonyl (C=O) groups excluding carboxylic acids is 1. The zero-order chi connectivity index (χ0) is 16.3. The fourth-order valence-corrected chi connectivity index (χ4v) is 3.21. The maximum Gasteiger partial charge on any atom is 0.308 e. The number of aliphatic carboxylic acids is 1. The van der Waals surface area contributed by atoms with Crippen molar-refractivity contribution in [2.45, 2.75) is 45.3 Å². The number of hydrogen-bond acceptors (Lipinski definition) is 3. The summed E-state index contributed by atoms with van der Waals surface area (Å²) >= 11 is 0. The van der Waals surface area contributed by atoms with Gasteiger partial charge in [-0.15, -0.1) is 0 Å². The Kier molecular flexibility index (Phi) is 5.19. The largest absolute Gasteiger partial charge is 0.481 e. The molecule has 0 aliphatic carbocycles. The molecule has 1 heterocycles. The predicted octanol–water partition coefficient (Wildman–Crippen LogP) is 2.12. The maximum atomic E-state index is 11.6. The van der Waals surface area contributed by atoms with Crippen molar-refractivity contribution in [1.82, 2.24) is 10.2 Å². The van der Waals surface area contributed by atoms with Gasteiger partial charge in [-0.05, 0) is 44.4 Å². The van der Waals surface area contributed by atoms with Crippen LogP contribution in [0.25, 0.3) is 0 Å². The Hall–Kier alpha value is -1.88. The van der Waals surface area contributed by atoms with Gasteiger partial charge >= 0.3 is 5.97 Å². The van der Waals surface area contributed by atoms with Gasteiger partial charge in [-0.1, -0.05) is 12.1 Å². The summed E-state index contributed by atoms with van der Waals surface area (Å²) in [6.07, 6.45) is 1.64. The standard InChI is InChI=1S/C17H24N2O3/c1-11-4-9-15(17(21)22)12(2)19(11)10-13-5-7-14(8-6-13)16(20)18-3/h5-8,11-12,15H,4,9-10H2,1-3H3,(H,18,20)(H,21,22)/t11-,12+,15+/m0/s1. The van der Waals surface area contributed by atoms with Gasteiger partial charge in [0.05, 0.1) is 5.92 Å². The zero-order valence-electron chi connectivity index (χ0n) is 13.4. The molecule has 1 saturated heterocycles. The molecule has 2 N–H and O–H groups in total. The van der Waals surface area contributed by atoms with E-state index in [4.69, 9.17) is 0 Å². The van der Waals surface area contributed by atoms with Gasteiger partial charge in [0, 0.05) is 31.2 Å². The Morgan fingerprint density at radius 1 is 1.23 bits per heavy atom. The molecule has 0 bridgehead atoms. The second-order valence-electron chi connectivity index (χ2n) is 6.06. The van der Waals surface area contributed by atoms with Gasteiger partial charge in [-0.25, -0.2) is 0 Å². The summed E-state index contributed by atoms with van der Waals surface area (Å²) in [5.74, 6) is -1.11. The molecule has 1 aromatic rings. The smallest absolute Gasteiger partial charge is 0.308 e. The average Bonchev–Trinajstić information content (AvgIpc) is 2.50. The minimum absolute atomic E-state index is 0.0138. The van der Waals surface area contributed by atoms with Crippen molar-refractivity contribution in [2.24, 2.45) is 5.92 Å². The van der Waals surface area contributed by atoms with E-state index in [9.17, 15) is 14.7 Å². The van der Waals surface area contributed by atoms with Crippen LogP contribution < -0.4 is 5.32 Å². The van der Waals surface area contributed by atoms with Crippen LogP contribution in [0.4, 0.5) is 0 Å². The van der Waals surface area contributed by atoms with Crippen molar-refractivity contribution >= 4 is 11.9 Å². The third-order valence-electron chi connectivity index (χ3n) is 4.69. The molecule has 1 fully saturated rings. The van der Waals surface area contributed by atoms with Crippen molar-refractivity contribution in [3.05, 3.63) is 35.4 Å². The number of likely N-dealkylation sites (tertiary alicyclic amines) is 1. The summed E-state index contributed by atoms with van der Waals surface area (Å²) in [5, 5.41) is 11.9. The molecule has 22 heavy (non-hydrogen) atoms. The third-order valence-corrected chi connectivity index (χ3v) is 4.69. The highest BCUT2D eigenvalue weighted by Crippen LogP contribution is 2.29. The lowest BCUT2D eigenvalue weighted by Gasteiger charge is -2.42. The van der Waals surface area contributed by atoms with E-state index >= 15 is 0 Å². The number of amides is 1. The molecule has 0 unspecified atom stereocenters. The lowest BCUT2D eigenvalue weighted by atomic mass is 9.86. The van der Waals surface area contributed by atoms with Gasteiger partial charge in [0.25, 0.3) is 5.91 Å². The molecule has 5 heteroatoms. The Morgan fingerprint density at radius 2 is 1.86 bits per heavy atom. The highest BCUT2D eigenvalue weighted by molar-refractivity contribution is 5.93. The van der Waals surface area contributed by atoms with E-state index in [0.717, 1.165) is 18.4 Å². The quantitative estimate of drug-likeness (QED) is 0.894. The van der Waals surface area contributed by atoms with Crippen LogP contribution in [0, 0.1) is 5.92 Å². The highest BCUT2D eigenvalue weighted by atomic mass is 16.4. The SMILES string of the molecule is CNC(=O)c1ccc(CN2[C@H](C)[C@H](C(=O)O)CC[C@@H]2C)cc1. The van der Waals surface area contributed by atoms with E-state index in [1.165, 1.54) is 0 Å². The first-order chi connectivity index (χ1) is 10.4. The number of carboxylic acids is 1. The van der Waals surface area contributed by atoms with E-state index in [1.807, 2.05) is 31.2 Å². The minimum atomic E-state index is -0.709. The lowest BCUT2D eigenvalue weighted by molar-refractivity contribution is -0.146. The van der Waals surface area contributed by atoms with Gasteiger partial charge in [0.15, 0.2) is 0 Å². The van der Waals surface area contributed by atoms with Crippen molar-refractivity contribution < 1.29 is 14.7 Å². The maximum absolute atomic E-state index is 11.6. The second-order valence-corrected chi connectivity index (χ2v) is 6.06. The molecule has 120 valence electrons. The first-order valence-corrected chi connectivity index (χ1v) is 7.73. The molecule has 5 nitrogen and oxygen atoms in total. The minimum Gasteiger partial charge on any atom is -0.481 e. The molecule has 1 aromatic carbocycles. The average molecular weight is 304 g/mol. The fourth-order valence-electron chi connectivity index (χ4n) is 3.21. The predicted molar refractivity (Wildman–Crippen MR) is 84.7 cm³/mol. The van der Waals surface area contributed by atoms with E-state index in [1.54, 1.807) is 7.05 Å². The van der Waals surface area contributed by atoms with E-state index < -0.39 is 5.97 Å². The van der Waals surface area contributed by atoms with Crippen molar-refractivity contribution in [3.8, 4) is 0 Å². The van der Waals surface area contributed by atoms with Gasteiger partial charge in [-0.2, -0.15) is 0 Å². The van der Waals surface area contributed by atoms with Crippen LogP contribution >= 0.6 is 0 Å². The number of piperidine rings is 1. The van der Waals surface area contributed by atoms with Crippen LogP contribution in [-0.4, -0.2) is 41.0 Å². The van der Waals surface area contributed by atoms with Crippen LogP contribution in [0.1, 0.15) is 42.6 Å². The summed E-state index contributed by atoms with van der Waals surface area (Å²) in [6, 6.07) is 7.87. The Bertz CT molecular complexity index is 541. The van der Waals surface area contributed by atoms with Crippen molar-refractivity contribution in [1.29, 1.82) is 0 Å². The second kappa shape index (κ2) is 6.92. The molecular weight excluding hydrogens is 280 g/mol. The molecule has 0 saturated carbocycles. The molecular formula is C17H24N2O3. The molecule has 1 aliphatic heterocycles. The third kappa shape index (κ3) is 3.47. The molecule has 2 rings (SSSR count). The summed E-state index contributed by atoms with van der Waals surface area (Å²) in [5.41, 5.74) is 1.73. The number of benzene rings is 1. The van der Waals surface area contributed by atoms with Crippen LogP contribution in [0.15, 0.2) is 24.3 Å². The van der Waals surface area contributed by atoms with Crippen LogP contribution in [0.2, 0.25) is 0 Å². The number of nitrogens with one attached hydrogen (secondary N) is 1. The van der Waals surface area contributed by atoms with E-state index in [0.29, 0.717) is 18.2 Å². The topological polar surface area (TPSA) is 69.6 Å². The highest BCUT2D eigenvalue weighted by Gasteiger charge is 2.36. The molecule has 1 aliphatic rings. The molecule has 0 spiro atoms. The number of rotatable bonds is 4. The number of carboxylic acid groups (broad SMARTS) is 1. The van der Waals surface area contributed by atoms with Gasteiger partial charge in [0.2, 0.25) is 0 Å². The van der Waals surface area contributed by atoms with E-state index in [2.05, 4.69) is 17.1 Å². The number of hydrogen-bond donors (Lipinski definition) is 2. The molecule has 0 aromatic heterocycles. The monoisotopic (exact) mass is 304 g/mol. The molecule has 1 amide bonds. The Labute approximate surface area is 131 Å². The van der Waals surface area contributed by atoms with Gasteiger partial charge in [-0.3, -0.25) is 14.5 Å². The Morgan fingerprint density at radius 3 is 2.41 bits per heavy atom. The van der Waals surface area contributed by atoms with E-state index in [-0.39, 0.29) is 17.9 Å². The van der Waals surface area contributed by atoms with Gasteiger partial charge in [0.1, 0.15) is 0 Å². The molecule has 3 atom stereocenters. The lowest BCUT2D eigenvalue weighted by Crippen LogP contribution is -2.50. The summed E-state index contributed by atoms with van der Waals surface area (Å²) in [6.45, 7) is 4.85. The fraction of sp³-hybridized carbons (Fsp3) is 0.529. The van der Waals surface area contributed by atoms with Crippen molar-refractivity contribution in [2.75, 3.05) is 7.05 Å². The molecule has 0 radical (unpaired) electrons. The van der Waals surface area contributed by atoms with Crippen LogP contribution in [0.3, 0.4) is 0 Å². The number of carbonyl (C=O) groups is 2. The van der Waals surface area contributed by atoms with Gasteiger partial charge < -0.3 is 10.4 Å². The Balaban J connectivity index is 2.10. The summed E-state index contributed by atoms with van der Waals surface area (Å²) in [7, 11) is 1.61.